The summed E-state index contributed by atoms with van der Waals surface area (Å²) in [6, 6.07) is 13.0. The van der Waals surface area contributed by atoms with E-state index >= 15 is 0 Å². The lowest BCUT2D eigenvalue weighted by atomic mass is 10.1. The van der Waals surface area contributed by atoms with Crippen LogP contribution in [0.2, 0.25) is 0 Å². The van der Waals surface area contributed by atoms with E-state index in [1.807, 2.05) is 32.0 Å². The number of Topliss-reactive ketones (excluding diaryl/α,β-unsaturated/α-hetero) is 1. The summed E-state index contributed by atoms with van der Waals surface area (Å²) in [5.74, 6) is -0.0475. The highest BCUT2D eigenvalue weighted by Gasteiger charge is 2.14. The summed E-state index contributed by atoms with van der Waals surface area (Å²) >= 11 is 1.41. The molecule has 126 valence electrons. The fourth-order valence-corrected chi connectivity index (χ4v) is 3.06. The van der Waals surface area contributed by atoms with Crippen LogP contribution in [0.15, 0.2) is 47.4 Å². The van der Waals surface area contributed by atoms with Crippen molar-refractivity contribution in [2.24, 2.45) is 0 Å². The highest BCUT2D eigenvalue weighted by Crippen LogP contribution is 2.23. The van der Waals surface area contributed by atoms with Crippen molar-refractivity contribution >= 4 is 23.5 Å². The summed E-state index contributed by atoms with van der Waals surface area (Å²) < 4.78 is 10.2. The average molecular weight is 344 g/mol. The van der Waals surface area contributed by atoms with E-state index in [9.17, 15) is 9.59 Å². The number of rotatable bonds is 7. The first-order chi connectivity index (χ1) is 11.5. The van der Waals surface area contributed by atoms with Crippen molar-refractivity contribution in [2.45, 2.75) is 18.7 Å². The van der Waals surface area contributed by atoms with E-state index in [4.69, 9.17) is 9.47 Å². The second-order valence-electron chi connectivity index (χ2n) is 5.34. The highest BCUT2D eigenvalue weighted by molar-refractivity contribution is 8.00. The summed E-state index contributed by atoms with van der Waals surface area (Å²) in [5, 5.41) is 0. The van der Waals surface area contributed by atoms with Crippen molar-refractivity contribution in [3.63, 3.8) is 0 Å². The fraction of sp³-hybridized carbons (Fsp3) is 0.263. The van der Waals surface area contributed by atoms with Gasteiger partial charge in [-0.05, 0) is 37.6 Å². The summed E-state index contributed by atoms with van der Waals surface area (Å²) in [7, 11) is 1.50. The Bertz CT molecular complexity index is 740. The summed E-state index contributed by atoms with van der Waals surface area (Å²) in [5.41, 5.74) is 2.67. The highest BCUT2D eigenvalue weighted by atomic mass is 32.2. The van der Waals surface area contributed by atoms with Crippen LogP contribution < -0.4 is 4.74 Å². The summed E-state index contributed by atoms with van der Waals surface area (Å²) in [6.45, 7) is 3.72. The van der Waals surface area contributed by atoms with E-state index in [2.05, 4.69) is 0 Å². The maximum absolute atomic E-state index is 12.1. The van der Waals surface area contributed by atoms with E-state index in [1.165, 1.54) is 18.9 Å². The van der Waals surface area contributed by atoms with Gasteiger partial charge in [0.2, 0.25) is 5.78 Å². The second-order valence-corrected chi connectivity index (χ2v) is 6.36. The number of esters is 1. The maximum Gasteiger partial charge on any atom is 0.316 e. The Labute approximate surface area is 146 Å². The molecule has 0 N–H and O–H groups in total. The number of aryl methyl sites for hydroxylation is 2. The van der Waals surface area contributed by atoms with Crippen LogP contribution in [0, 0.1) is 13.8 Å². The van der Waals surface area contributed by atoms with Gasteiger partial charge < -0.3 is 9.47 Å². The molecule has 0 radical (unpaired) electrons. The number of benzene rings is 2. The first-order valence-electron chi connectivity index (χ1n) is 7.53. The Morgan fingerprint density at radius 2 is 1.83 bits per heavy atom. The van der Waals surface area contributed by atoms with Gasteiger partial charge in [-0.3, -0.25) is 9.59 Å². The normalized spacial score (nSPS) is 10.3. The Kier molecular flexibility index (Phi) is 6.44. The van der Waals surface area contributed by atoms with Crippen LogP contribution in [0.3, 0.4) is 0 Å². The Hall–Kier alpha value is -2.27. The van der Waals surface area contributed by atoms with E-state index in [0.717, 1.165) is 16.0 Å². The average Bonchev–Trinajstić information content (AvgIpc) is 2.60. The molecule has 2 aromatic carbocycles. The molecule has 0 amide bonds. The molecular weight excluding hydrogens is 324 g/mol. The van der Waals surface area contributed by atoms with E-state index in [1.54, 1.807) is 24.3 Å². The minimum atomic E-state index is -0.413. The van der Waals surface area contributed by atoms with Crippen molar-refractivity contribution in [3.8, 4) is 5.75 Å². The monoisotopic (exact) mass is 344 g/mol. The maximum atomic E-state index is 12.1. The molecule has 24 heavy (non-hydrogen) atoms. The fourth-order valence-electron chi connectivity index (χ4n) is 2.14. The van der Waals surface area contributed by atoms with Gasteiger partial charge in [-0.15, -0.1) is 11.8 Å². The molecule has 0 saturated carbocycles. The Morgan fingerprint density at radius 3 is 2.58 bits per heavy atom. The van der Waals surface area contributed by atoms with E-state index in [0.29, 0.717) is 11.3 Å². The van der Waals surface area contributed by atoms with Gasteiger partial charge in [0, 0.05) is 4.90 Å². The molecule has 0 bridgehead atoms. The SMILES string of the molecule is COc1ccccc1C(=O)COC(=O)CSc1cc(C)ccc1C. The molecule has 0 aromatic heterocycles. The number of ether oxygens (including phenoxy) is 2. The van der Waals surface area contributed by atoms with Crippen molar-refractivity contribution < 1.29 is 19.1 Å². The molecule has 2 rings (SSSR count). The van der Waals surface area contributed by atoms with Crippen LogP contribution in [-0.4, -0.2) is 31.2 Å². The first-order valence-corrected chi connectivity index (χ1v) is 8.51. The van der Waals surface area contributed by atoms with Crippen LogP contribution in [0.25, 0.3) is 0 Å². The van der Waals surface area contributed by atoms with Crippen LogP contribution >= 0.6 is 11.8 Å². The van der Waals surface area contributed by atoms with Gasteiger partial charge in [0.25, 0.3) is 0 Å². The molecule has 5 heteroatoms. The van der Waals surface area contributed by atoms with Crippen molar-refractivity contribution in [2.75, 3.05) is 19.5 Å². The smallest absolute Gasteiger partial charge is 0.316 e. The number of para-hydroxylation sites is 1. The third-order valence-electron chi connectivity index (χ3n) is 3.46. The van der Waals surface area contributed by atoms with Gasteiger partial charge in [0.05, 0.1) is 18.4 Å². The molecule has 0 aliphatic carbocycles. The minimum absolute atomic E-state index is 0.170. The third-order valence-corrected chi connectivity index (χ3v) is 4.59. The number of hydrogen-bond acceptors (Lipinski definition) is 5. The number of carbonyl (C=O) groups excluding carboxylic acids is 2. The zero-order valence-electron chi connectivity index (χ0n) is 14.0. The lowest BCUT2D eigenvalue weighted by molar-refractivity contribution is -0.139. The van der Waals surface area contributed by atoms with Gasteiger partial charge >= 0.3 is 5.97 Å². The molecule has 0 unspecified atom stereocenters. The lowest BCUT2D eigenvalue weighted by Gasteiger charge is -2.09. The standard InChI is InChI=1S/C19H20O4S/c1-13-8-9-14(2)18(10-13)24-12-19(21)23-11-16(20)15-6-4-5-7-17(15)22-3/h4-10H,11-12H2,1-3H3. The van der Waals surface area contributed by atoms with Gasteiger partial charge in [-0.1, -0.05) is 29.8 Å². The number of carbonyl (C=O) groups is 2. The third kappa shape index (κ3) is 4.86. The largest absolute Gasteiger partial charge is 0.496 e. The lowest BCUT2D eigenvalue weighted by Crippen LogP contribution is -2.16. The molecule has 0 saturated heterocycles. The van der Waals surface area contributed by atoms with Crippen molar-refractivity contribution in [1.82, 2.24) is 0 Å². The van der Waals surface area contributed by atoms with Gasteiger partial charge in [-0.2, -0.15) is 0 Å². The summed E-state index contributed by atoms with van der Waals surface area (Å²) in [6.07, 6.45) is 0. The van der Waals surface area contributed by atoms with Crippen LogP contribution in [0.1, 0.15) is 21.5 Å². The molecular formula is C19H20O4S. The summed E-state index contributed by atoms with van der Waals surface area (Å²) in [4.78, 5) is 25.1. The van der Waals surface area contributed by atoms with Crippen LogP contribution in [0.4, 0.5) is 0 Å². The predicted octanol–water partition coefficient (Wildman–Crippen LogP) is 3.83. The second kappa shape index (κ2) is 8.55. The zero-order valence-corrected chi connectivity index (χ0v) is 14.8. The first kappa shape index (κ1) is 18.1. The number of hydrogen-bond donors (Lipinski definition) is 0. The molecule has 4 nitrogen and oxygen atoms in total. The Balaban J connectivity index is 1.87. The number of thioether (sulfide) groups is 1. The molecule has 0 fully saturated rings. The van der Waals surface area contributed by atoms with Gasteiger partial charge in [0.1, 0.15) is 5.75 Å². The molecule has 0 atom stereocenters. The molecule has 0 aliphatic heterocycles. The molecule has 2 aromatic rings. The molecule has 0 aliphatic rings. The van der Waals surface area contributed by atoms with Crippen molar-refractivity contribution in [1.29, 1.82) is 0 Å². The number of methoxy groups -OCH3 is 1. The zero-order chi connectivity index (χ0) is 17.5. The van der Waals surface area contributed by atoms with Crippen LogP contribution in [-0.2, 0) is 9.53 Å². The van der Waals surface area contributed by atoms with Gasteiger partial charge in [0.15, 0.2) is 6.61 Å². The van der Waals surface area contributed by atoms with E-state index in [-0.39, 0.29) is 18.1 Å². The predicted molar refractivity (Wildman–Crippen MR) is 94.9 cm³/mol. The molecule has 0 heterocycles. The Morgan fingerprint density at radius 1 is 1.08 bits per heavy atom. The number of ketones is 1. The van der Waals surface area contributed by atoms with Gasteiger partial charge in [-0.25, -0.2) is 0 Å². The topological polar surface area (TPSA) is 52.6 Å². The van der Waals surface area contributed by atoms with Crippen molar-refractivity contribution in [3.05, 3.63) is 59.2 Å². The quantitative estimate of drug-likeness (QED) is 0.434. The van der Waals surface area contributed by atoms with E-state index < -0.39 is 5.97 Å². The van der Waals surface area contributed by atoms with Crippen LogP contribution in [0.5, 0.6) is 5.75 Å². The minimum Gasteiger partial charge on any atom is -0.496 e. The molecule has 0 spiro atoms.